The molecule has 0 amide bonds. The molecule has 0 bridgehead atoms. The van der Waals surface area contributed by atoms with E-state index in [2.05, 4.69) is 4.98 Å². The Kier molecular flexibility index (Phi) is 3.05. The number of hydrogen-bond acceptors (Lipinski definition) is 3. The van der Waals surface area contributed by atoms with E-state index in [1.165, 1.54) is 6.07 Å². The van der Waals surface area contributed by atoms with Crippen LogP contribution in [0.1, 0.15) is 31.6 Å². The molecule has 0 fully saturated rings. The second-order valence-electron chi connectivity index (χ2n) is 2.71. The summed E-state index contributed by atoms with van der Waals surface area (Å²) in [7, 11) is 0. The third-order valence-corrected chi connectivity index (χ3v) is 1.69. The van der Waals surface area contributed by atoms with Crippen LogP contribution in [-0.4, -0.2) is 15.2 Å². The molecule has 12 heavy (non-hydrogen) atoms. The SMILES string of the molecule is CCCC(O)c1ncccc1O. The third kappa shape index (κ3) is 1.95. The van der Waals surface area contributed by atoms with Gasteiger partial charge in [-0.25, -0.2) is 0 Å². The van der Waals surface area contributed by atoms with Gasteiger partial charge in [0.25, 0.3) is 0 Å². The standard InChI is InChI=1S/C9H13NO2/c1-2-4-7(11)9-8(12)5-3-6-10-9/h3,5-7,11-12H,2,4H2,1H3. The Bertz CT molecular complexity index is 250. The van der Waals surface area contributed by atoms with E-state index in [4.69, 9.17) is 0 Å². The highest BCUT2D eigenvalue weighted by atomic mass is 16.3. The van der Waals surface area contributed by atoms with Crippen LogP contribution < -0.4 is 0 Å². The number of aliphatic hydroxyl groups excluding tert-OH is 1. The van der Waals surface area contributed by atoms with Gasteiger partial charge in [-0.15, -0.1) is 0 Å². The Morgan fingerprint density at radius 1 is 1.58 bits per heavy atom. The molecule has 0 aromatic carbocycles. The van der Waals surface area contributed by atoms with Crippen molar-refractivity contribution in [3.63, 3.8) is 0 Å². The highest BCUT2D eigenvalue weighted by Crippen LogP contribution is 2.23. The van der Waals surface area contributed by atoms with E-state index in [1.807, 2.05) is 6.92 Å². The first kappa shape index (κ1) is 9.00. The Hall–Kier alpha value is -1.09. The second kappa shape index (κ2) is 4.07. The van der Waals surface area contributed by atoms with Crippen molar-refractivity contribution >= 4 is 0 Å². The number of pyridine rings is 1. The van der Waals surface area contributed by atoms with Crippen LogP contribution in [0.2, 0.25) is 0 Å². The summed E-state index contributed by atoms with van der Waals surface area (Å²) >= 11 is 0. The molecular formula is C9H13NO2. The molecule has 0 aliphatic heterocycles. The van der Waals surface area contributed by atoms with Crippen LogP contribution in [0.3, 0.4) is 0 Å². The lowest BCUT2D eigenvalue weighted by Crippen LogP contribution is -1.99. The molecule has 2 N–H and O–H groups in total. The minimum absolute atomic E-state index is 0.0680. The minimum atomic E-state index is -0.642. The maximum absolute atomic E-state index is 9.48. The molecule has 0 aliphatic rings. The lowest BCUT2D eigenvalue weighted by molar-refractivity contribution is 0.158. The summed E-state index contributed by atoms with van der Waals surface area (Å²) in [5.41, 5.74) is 0.374. The Labute approximate surface area is 71.7 Å². The molecule has 1 heterocycles. The van der Waals surface area contributed by atoms with Crippen LogP contribution in [0.5, 0.6) is 5.75 Å². The summed E-state index contributed by atoms with van der Waals surface area (Å²) in [5.74, 6) is 0.0680. The summed E-state index contributed by atoms with van der Waals surface area (Å²) < 4.78 is 0. The van der Waals surface area contributed by atoms with Crippen LogP contribution in [-0.2, 0) is 0 Å². The zero-order chi connectivity index (χ0) is 8.97. The molecule has 3 nitrogen and oxygen atoms in total. The summed E-state index contributed by atoms with van der Waals surface area (Å²) in [4.78, 5) is 3.90. The Balaban J connectivity index is 2.79. The first-order valence-corrected chi connectivity index (χ1v) is 4.07. The zero-order valence-corrected chi connectivity index (χ0v) is 7.07. The fourth-order valence-electron chi connectivity index (χ4n) is 1.08. The van der Waals surface area contributed by atoms with Crippen LogP contribution in [0, 0.1) is 0 Å². The number of aliphatic hydroxyl groups is 1. The van der Waals surface area contributed by atoms with Crippen molar-refractivity contribution in [2.75, 3.05) is 0 Å². The lowest BCUT2D eigenvalue weighted by atomic mass is 10.1. The quantitative estimate of drug-likeness (QED) is 0.719. The van der Waals surface area contributed by atoms with Gasteiger partial charge in [0.05, 0.1) is 6.10 Å². The normalized spacial score (nSPS) is 12.8. The van der Waals surface area contributed by atoms with Crippen LogP contribution in [0.15, 0.2) is 18.3 Å². The van der Waals surface area contributed by atoms with Crippen molar-refractivity contribution in [3.8, 4) is 5.75 Å². The van der Waals surface area contributed by atoms with Crippen molar-refractivity contribution < 1.29 is 10.2 Å². The number of aromatic nitrogens is 1. The Morgan fingerprint density at radius 3 is 2.92 bits per heavy atom. The van der Waals surface area contributed by atoms with Gasteiger partial charge in [0.15, 0.2) is 0 Å². The maximum Gasteiger partial charge on any atom is 0.139 e. The molecule has 0 saturated heterocycles. The van der Waals surface area contributed by atoms with E-state index >= 15 is 0 Å². The van der Waals surface area contributed by atoms with E-state index in [1.54, 1.807) is 12.3 Å². The molecular weight excluding hydrogens is 154 g/mol. The molecule has 1 aromatic rings. The van der Waals surface area contributed by atoms with Gasteiger partial charge in [-0.1, -0.05) is 13.3 Å². The molecule has 0 aliphatic carbocycles. The van der Waals surface area contributed by atoms with Gasteiger partial charge < -0.3 is 10.2 Å². The molecule has 66 valence electrons. The average molecular weight is 167 g/mol. The van der Waals surface area contributed by atoms with E-state index in [0.717, 1.165) is 6.42 Å². The highest BCUT2D eigenvalue weighted by Gasteiger charge is 2.11. The summed E-state index contributed by atoms with van der Waals surface area (Å²) in [6, 6.07) is 3.17. The number of nitrogens with zero attached hydrogens (tertiary/aromatic N) is 1. The van der Waals surface area contributed by atoms with E-state index in [9.17, 15) is 10.2 Å². The molecule has 1 unspecified atom stereocenters. The van der Waals surface area contributed by atoms with Crippen LogP contribution in [0.25, 0.3) is 0 Å². The fraction of sp³-hybridized carbons (Fsp3) is 0.444. The van der Waals surface area contributed by atoms with Crippen LogP contribution >= 0.6 is 0 Å². The number of aromatic hydroxyl groups is 1. The van der Waals surface area contributed by atoms with Gasteiger partial charge in [-0.3, -0.25) is 4.98 Å². The van der Waals surface area contributed by atoms with Crippen molar-refractivity contribution in [1.82, 2.24) is 4.98 Å². The largest absolute Gasteiger partial charge is 0.506 e. The zero-order valence-electron chi connectivity index (χ0n) is 7.07. The highest BCUT2D eigenvalue weighted by molar-refractivity contribution is 5.26. The molecule has 0 saturated carbocycles. The maximum atomic E-state index is 9.48. The van der Waals surface area contributed by atoms with Gasteiger partial charge in [0.2, 0.25) is 0 Å². The summed E-state index contributed by atoms with van der Waals surface area (Å²) in [6.45, 7) is 1.98. The van der Waals surface area contributed by atoms with Crippen molar-refractivity contribution in [2.24, 2.45) is 0 Å². The van der Waals surface area contributed by atoms with Gasteiger partial charge in [-0.05, 0) is 18.6 Å². The summed E-state index contributed by atoms with van der Waals surface area (Å²) in [6.07, 6.45) is 2.42. The smallest absolute Gasteiger partial charge is 0.139 e. The molecule has 1 aromatic heterocycles. The lowest BCUT2D eigenvalue weighted by Gasteiger charge is -2.09. The van der Waals surface area contributed by atoms with E-state index in [0.29, 0.717) is 12.1 Å². The third-order valence-electron chi connectivity index (χ3n) is 1.69. The van der Waals surface area contributed by atoms with Crippen molar-refractivity contribution in [3.05, 3.63) is 24.0 Å². The van der Waals surface area contributed by atoms with Crippen molar-refractivity contribution in [2.45, 2.75) is 25.9 Å². The predicted molar refractivity (Wildman–Crippen MR) is 45.8 cm³/mol. The predicted octanol–water partition coefficient (Wildman–Crippen LogP) is 1.62. The van der Waals surface area contributed by atoms with Gasteiger partial charge >= 0.3 is 0 Å². The summed E-state index contributed by atoms with van der Waals surface area (Å²) in [5, 5.41) is 18.8. The number of hydrogen-bond donors (Lipinski definition) is 2. The van der Waals surface area contributed by atoms with Gasteiger partial charge in [0.1, 0.15) is 11.4 Å². The fourth-order valence-corrected chi connectivity index (χ4v) is 1.08. The van der Waals surface area contributed by atoms with Gasteiger partial charge in [0, 0.05) is 6.20 Å². The first-order valence-electron chi connectivity index (χ1n) is 4.07. The average Bonchev–Trinajstić information content (AvgIpc) is 2.05. The number of rotatable bonds is 3. The van der Waals surface area contributed by atoms with Crippen LogP contribution in [0.4, 0.5) is 0 Å². The van der Waals surface area contributed by atoms with Crippen molar-refractivity contribution in [1.29, 1.82) is 0 Å². The van der Waals surface area contributed by atoms with E-state index < -0.39 is 6.10 Å². The molecule has 1 rings (SSSR count). The first-order chi connectivity index (χ1) is 5.75. The molecule has 3 heteroatoms. The second-order valence-corrected chi connectivity index (χ2v) is 2.71. The molecule has 0 spiro atoms. The monoisotopic (exact) mass is 167 g/mol. The minimum Gasteiger partial charge on any atom is -0.506 e. The molecule has 0 radical (unpaired) electrons. The topological polar surface area (TPSA) is 53.4 Å². The van der Waals surface area contributed by atoms with E-state index in [-0.39, 0.29) is 5.75 Å². The molecule has 1 atom stereocenters. The Morgan fingerprint density at radius 2 is 2.33 bits per heavy atom. The van der Waals surface area contributed by atoms with Gasteiger partial charge in [-0.2, -0.15) is 0 Å².